The fourth-order valence-corrected chi connectivity index (χ4v) is 1.30. The summed E-state index contributed by atoms with van der Waals surface area (Å²) in [6.07, 6.45) is 5.68. The van der Waals surface area contributed by atoms with Crippen LogP contribution < -0.4 is 4.74 Å². The van der Waals surface area contributed by atoms with E-state index in [1.165, 1.54) is 19.1 Å². The van der Waals surface area contributed by atoms with E-state index in [-0.39, 0.29) is 5.56 Å². The molecule has 0 amide bonds. The van der Waals surface area contributed by atoms with Gasteiger partial charge in [0, 0.05) is 18.1 Å². The molecular formula is C13H15FO2. The Morgan fingerprint density at radius 1 is 1.56 bits per heavy atom. The number of benzene rings is 1. The van der Waals surface area contributed by atoms with E-state index in [9.17, 15) is 9.50 Å². The maximum atomic E-state index is 13.4. The molecular weight excluding hydrogens is 207 g/mol. The van der Waals surface area contributed by atoms with Crippen molar-refractivity contribution in [3.8, 4) is 18.1 Å². The van der Waals surface area contributed by atoms with E-state index < -0.39 is 11.9 Å². The van der Waals surface area contributed by atoms with Crippen molar-refractivity contribution in [2.75, 3.05) is 6.61 Å². The average molecular weight is 222 g/mol. The SMILES string of the molecule is C#CCCCOc1ccc([C@H](C)O)c(F)c1. The molecule has 16 heavy (non-hydrogen) atoms. The van der Waals surface area contributed by atoms with Crippen molar-refractivity contribution >= 4 is 0 Å². The molecule has 1 N–H and O–H groups in total. The summed E-state index contributed by atoms with van der Waals surface area (Å²) in [5.41, 5.74) is 0.274. The molecule has 0 spiro atoms. The molecule has 0 heterocycles. The first-order valence-corrected chi connectivity index (χ1v) is 5.19. The maximum absolute atomic E-state index is 13.4. The van der Waals surface area contributed by atoms with E-state index in [0.717, 1.165) is 6.42 Å². The second-order valence-corrected chi connectivity index (χ2v) is 3.52. The van der Waals surface area contributed by atoms with Crippen LogP contribution >= 0.6 is 0 Å². The highest BCUT2D eigenvalue weighted by Crippen LogP contribution is 2.21. The van der Waals surface area contributed by atoms with E-state index in [2.05, 4.69) is 5.92 Å². The number of halogens is 1. The Bertz CT molecular complexity index is 380. The zero-order chi connectivity index (χ0) is 12.0. The molecule has 0 fully saturated rings. The van der Waals surface area contributed by atoms with Crippen LogP contribution in [-0.2, 0) is 0 Å². The first kappa shape index (κ1) is 12.5. The zero-order valence-corrected chi connectivity index (χ0v) is 9.24. The molecule has 0 aliphatic heterocycles. The average Bonchev–Trinajstić information content (AvgIpc) is 2.24. The Kier molecular flexibility index (Phi) is 4.81. The molecule has 0 saturated heterocycles. The monoisotopic (exact) mass is 222 g/mol. The summed E-state index contributed by atoms with van der Waals surface area (Å²) in [5, 5.41) is 9.24. The van der Waals surface area contributed by atoms with Gasteiger partial charge in [-0.3, -0.25) is 0 Å². The van der Waals surface area contributed by atoms with Crippen LogP contribution in [0.25, 0.3) is 0 Å². The first-order chi connectivity index (χ1) is 7.65. The lowest BCUT2D eigenvalue weighted by atomic mass is 10.1. The third-order valence-electron chi connectivity index (χ3n) is 2.16. The van der Waals surface area contributed by atoms with E-state index >= 15 is 0 Å². The van der Waals surface area contributed by atoms with Gasteiger partial charge in [0.2, 0.25) is 0 Å². The number of aliphatic hydroxyl groups excluding tert-OH is 1. The summed E-state index contributed by atoms with van der Waals surface area (Å²) in [4.78, 5) is 0. The van der Waals surface area contributed by atoms with Gasteiger partial charge in [-0.25, -0.2) is 4.39 Å². The van der Waals surface area contributed by atoms with Gasteiger partial charge >= 0.3 is 0 Å². The summed E-state index contributed by atoms with van der Waals surface area (Å²) in [7, 11) is 0. The molecule has 0 radical (unpaired) electrons. The van der Waals surface area contributed by atoms with Crippen molar-refractivity contribution in [1.82, 2.24) is 0 Å². The molecule has 0 unspecified atom stereocenters. The molecule has 1 atom stereocenters. The number of aliphatic hydroxyl groups is 1. The molecule has 2 nitrogen and oxygen atoms in total. The van der Waals surface area contributed by atoms with E-state index in [0.29, 0.717) is 18.8 Å². The van der Waals surface area contributed by atoms with Crippen LogP contribution in [0.1, 0.15) is 31.4 Å². The smallest absolute Gasteiger partial charge is 0.132 e. The van der Waals surface area contributed by atoms with Crippen molar-refractivity contribution in [3.63, 3.8) is 0 Å². The predicted molar refractivity (Wildman–Crippen MR) is 60.6 cm³/mol. The summed E-state index contributed by atoms with van der Waals surface area (Å²) in [6.45, 7) is 1.99. The molecule has 0 aliphatic rings. The zero-order valence-electron chi connectivity index (χ0n) is 9.24. The minimum atomic E-state index is -0.810. The van der Waals surface area contributed by atoms with Gasteiger partial charge in [-0.15, -0.1) is 12.3 Å². The number of rotatable bonds is 5. The topological polar surface area (TPSA) is 29.5 Å². The Hall–Kier alpha value is -1.53. The molecule has 0 saturated carbocycles. The van der Waals surface area contributed by atoms with Crippen molar-refractivity contribution in [2.45, 2.75) is 25.9 Å². The number of terminal acetylenes is 1. The molecule has 0 aromatic heterocycles. The van der Waals surface area contributed by atoms with Gasteiger partial charge in [-0.05, 0) is 25.5 Å². The third-order valence-corrected chi connectivity index (χ3v) is 2.16. The number of hydrogen-bond donors (Lipinski definition) is 1. The fourth-order valence-electron chi connectivity index (χ4n) is 1.30. The van der Waals surface area contributed by atoms with Gasteiger partial charge in [0.05, 0.1) is 12.7 Å². The number of ether oxygens (including phenoxy) is 1. The molecule has 86 valence electrons. The number of hydrogen-bond acceptors (Lipinski definition) is 2. The van der Waals surface area contributed by atoms with Crippen LogP contribution in [0.3, 0.4) is 0 Å². The molecule has 1 rings (SSSR count). The van der Waals surface area contributed by atoms with Gasteiger partial charge in [-0.1, -0.05) is 0 Å². The van der Waals surface area contributed by atoms with E-state index in [1.807, 2.05) is 0 Å². The van der Waals surface area contributed by atoms with E-state index in [1.54, 1.807) is 6.07 Å². The van der Waals surface area contributed by atoms with Crippen molar-refractivity contribution in [3.05, 3.63) is 29.6 Å². The van der Waals surface area contributed by atoms with Crippen molar-refractivity contribution < 1.29 is 14.2 Å². The Morgan fingerprint density at radius 2 is 2.31 bits per heavy atom. The second kappa shape index (κ2) is 6.14. The largest absolute Gasteiger partial charge is 0.493 e. The highest BCUT2D eigenvalue weighted by Gasteiger charge is 2.08. The molecule has 0 bridgehead atoms. The lowest BCUT2D eigenvalue weighted by molar-refractivity contribution is 0.194. The second-order valence-electron chi connectivity index (χ2n) is 3.52. The summed E-state index contributed by atoms with van der Waals surface area (Å²) >= 11 is 0. The van der Waals surface area contributed by atoms with Crippen LogP contribution in [0, 0.1) is 18.2 Å². The first-order valence-electron chi connectivity index (χ1n) is 5.19. The predicted octanol–water partition coefficient (Wildman–Crippen LogP) is 2.67. The third kappa shape index (κ3) is 3.56. The van der Waals surface area contributed by atoms with Crippen molar-refractivity contribution in [2.24, 2.45) is 0 Å². The minimum absolute atomic E-state index is 0.274. The van der Waals surface area contributed by atoms with Gasteiger partial charge in [0.15, 0.2) is 0 Å². The summed E-state index contributed by atoms with van der Waals surface area (Å²) in [5.74, 6) is 2.51. The minimum Gasteiger partial charge on any atom is -0.493 e. The lowest BCUT2D eigenvalue weighted by Crippen LogP contribution is -2.00. The highest BCUT2D eigenvalue weighted by molar-refractivity contribution is 5.29. The Labute approximate surface area is 95.1 Å². The highest BCUT2D eigenvalue weighted by atomic mass is 19.1. The molecule has 0 aliphatic carbocycles. The Balaban J connectivity index is 2.57. The number of unbranched alkanes of at least 4 members (excludes halogenated alkanes) is 1. The van der Waals surface area contributed by atoms with Gasteiger partial charge in [-0.2, -0.15) is 0 Å². The Morgan fingerprint density at radius 3 is 2.88 bits per heavy atom. The molecule has 3 heteroatoms. The molecule has 1 aromatic rings. The van der Waals surface area contributed by atoms with Crippen LogP contribution in [0.5, 0.6) is 5.75 Å². The maximum Gasteiger partial charge on any atom is 0.132 e. The van der Waals surface area contributed by atoms with Crippen LogP contribution in [0.4, 0.5) is 4.39 Å². The van der Waals surface area contributed by atoms with Crippen LogP contribution in [-0.4, -0.2) is 11.7 Å². The van der Waals surface area contributed by atoms with Crippen LogP contribution in [0.2, 0.25) is 0 Å². The standard InChI is InChI=1S/C13H15FO2/c1-3-4-5-8-16-11-6-7-12(10(2)15)13(14)9-11/h1,6-7,9-10,15H,4-5,8H2,2H3/t10-/m0/s1. The van der Waals surface area contributed by atoms with Crippen LogP contribution in [0.15, 0.2) is 18.2 Å². The van der Waals surface area contributed by atoms with Gasteiger partial charge in [0.1, 0.15) is 11.6 Å². The quantitative estimate of drug-likeness (QED) is 0.613. The van der Waals surface area contributed by atoms with Gasteiger partial charge in [0.25, 0.3) is 0 Å². The fraction of sp³-hybridized carbons (Fsp3) is 0.385. The molecule has 1 aromatic carbocycles. The summed E-state index contributed by atoms with van der Waals surface area (Å²) in [6, 6.07) is 4.44. The van der Waals surface area contributed by atoms with E-state index in [4.69, 9.17) is 11.2 Å². The van der Waals surface area contributed by atoms with Crippen molar-refractivity contribution in [1.29, 1.82) is 0 Å². The lowest BCUT2D eigenvalue weighted by Gasteiger charge is -2.09. The van der Waals surface area contributed by atoms with Gasteiger partial charge < -0.3 is 9.84 Å². The normalized spacial score (nSPS) is 11.9. The summed E-state index contributed by atoms with van der Waals surface area (Å²) < 4.78 is 18.7.